The highest BCUT2D eigenvalue weighted by Gasteiger charge is 2.22. The Balaban J connectivity index is 1.86. The van der Waals surface area contributed by atoms with E-state index in [4.69, 9.17) is 9.72 Å². The van der Waals surface area contributed by atoms with Crippen LogP contribution < -0.4 is 5.32 Å². The molecule has 0 unspecified atom stereocenters. The predicted molar refractivity (Wildman–Crippen MR) is 85.4 cm³/mol. The lowest BCUT2D eigenvalue weighted by Gasteiger charge is -2.26. The van der Waals surface area contributed by atoms with E-state index in [0.29, 0.717) is 12.7 Å². The van der Waals surface area contributed by atoms with E-state index in [1.54, 1.807) is 0 Å². The monoisotopic (exact) mass is 287 g/mol. The van der Waals surface area contributed by atoms with Crippen molar-refractivity contribution in [1.82, 2.24) is 14.9 Å². The Labute approximate surface area is 126 Å². The Bertz CT molecular complexity index is 606. The first kappa shape index (κ1) is 14.5. The summed E-state index contributed by atoms with van der Waals surface area (Å²) in [5, 5.41) is 3.37. The quantitative estimate of drug-likeness (QED) is 0.943. The molecule has 0 amide bonds. The van der Waals surface area contributed by atoms with Gasteiger partial charge in [-0.3, -0.25) is 0 Å². The second kappa shape index (κ2) is 5.78. The van der Waals surface area contributed by atoms with Crippen LogP contribution in [0.1, 0.15) is 39.4 Å². The average Bonchev–Trinajstić information content (AvgIpc) is 2.84. The SMILES string of the molecule is CC(C)(C)n1c(COC2CCNCC2)nc2ccccc21. The van der Waals surface area contributed by atoms with Gasteiger partial charge >= 0.3 is 0 Å². The Hall–Kier alpha value is -1.39. The highest BCUT2D eigenvalue weighted by atomic mass is 16.5. The molecule has 0 radical (unpaired) electrons. The fourth-order valence-electron chi connectivity index (χ4n) is 3.08. The van der Waals surface area contributed by atoms with Crippen LogP contribution in [0.5, 0.6) is 0 Å². The molecule has 1 aliphatic rings. The van der Waals surface area contributed by atoms with E-state index >= 15 is 0 Å². The molecule has 1 fully saturated rings. The zero-order valence-corrected chi connectivity index (χ0v) is 13.2. The summed E-state index contributed by atoms with van der Waals surface area (Å²) >= 11 is 0. The van der Waals surface area contributed by atoms with Crippen molar-refractivity contribution in [3.05, 3.63) is 30.1 Å². The van der Waals surface area contributed by atoms with Crippen LogP contribution in [0.3, 0.4) is 0 Å². The topological polar surface area (TPSA) is 39.1 Å². The van der Waals surface area contributed by atoms with Crippen molar-refractivity contribution in [2.45, 2.75) is 51.9 Å². The molecule has 0 bridgehead atoms. The molecule has 1 aliphatic heterocycles. The Kier molecular flexibility index (Phi) is 4.00. The van der Waals surface area contributed by atoms with Gasteiger partial charge in [-0.05, 0) is 58.8 Å². The van der Waals surface area contributed by atoms with Crippen molar-refractivity contribution >= 4 is 11.0 Å². The first-order valence-electron chi connectivity index (χ1n) is 7.85. The number of fused-ring (bicyclic) bond motifs is 1. The predicted octanol–water partition coefficient (Wildman–Crippen LogP) is 3.06. The number of nitrogens with zero attached hydrogens (tertiary/aromatic N) is 2. The van der Waals surface area contributed by atoms with E-state index < -0.39 is 0 Å². The summed E-state index contributed by atoms with van der Waals surface area (Å²) in [6.45, 7) is 9.36. The number of aromatic nitrogens is 2. The number of imidazole rings is 1. The van der Waals surface area contributed by atoms with E-state index in [2.05, 4.69) is 48.9 Å². The molecule has 0 atom stereocenters. The number of para-hydroxylation sites is 2. The molecule has 2 aromatic rings. The minimum absolute atomic E-state index is 0.00289. The van der Waals surface area contributed by atoms with Crippen molar-refractivity contribution in [2.24, 2.45) is 0 Å². The van der Waals surface area contributed by atoms with Crippen molar-refractivity contribution in [2.75, 3.05) is 13.1 Å². The van der Waals surface area contributed by atoms with E-state index in [9.17, 15) is 0 Å². The van der Waals surface area contributed by atoms with Gasteiger partial charge in [0.2, 0.25) is 0 Å². The third kappa shape index (κ3) is 3.11. The van der Waals surface area contributed by atoms with Crippen molar-refractivity contribution in [3.8, 4) is 0 Å². The summed E-state index contributed by atoms with van der Waals surface area (Å²) in [7, 11) is 0. The molecule has 1 saturated heterocycles. The minimum atomic E-state index is 0.00289. The Morgan fingerprint density at radius 2 is 1.95 bits per heavy atom. The van der Waals surface area contributed by atoms with Crippen LogP contribution >= 0.6 is 0 Å². The first-order valence-corrected chi connectivity index (χ1v) is 7.85. The van der Waals surface area contributed by atoms with Crippen LogP contribution in [0.2, 0.25) is 0 Å². The van der Waals surface area contributed by atoms with Gasteiger partial charge in [0.25, 0.3) is 0 Å². The largest absolute Gasteiger partial charge is 0.370 e. The highest BCUT2D eigenvalue weighted by molar-refractivity contribution is 5.76. The van der Waals surface area contributed by atoms with Gasteiger partial charge in [0, 0.05) is 5.54 Å². The van der Waals surface area contributed by atoms with Crippen molar-refractivity contribution in [1.29, 1.82) is 0 Å². The molecule has 2 heterocycles. The molecule has 0 aliphatic carbocycles. The number of nitrogens with one attached hydrogen (secondary N) is 1. The normalized spacial score (nSPS) is 17.5. The van der Waals surface area contributed by atoms with Crippen LogP contribution in [0.25, 0.3) is 11.0 Å². The molecular formula is C17H25N3O. The Morgan fingerprint density at radius 3 is 2.67 bits per heavy atom. The molecule has 1 aromatic carbocycles. The van der Waals surface area contributed by atoms with Crippen LogP contribution in [-0.2, 0) is 16.9 Å². The van der Waals surface area contributed by atoms with Gasteiger partial charge in [0.15, 0.2) is 0 Å². The van der Waals surface area contributed by atoms with Gasteiger partial charge < -0.3 is 14.6 Å². The van der Waals surface area contributed by atoms with Gasteiger partial charge in [-0.15, -0.1) is 0 Å². The van der Waals surface area contributed by atoms with E-state index in [1.165, 1.54) is 5.52 Å². The summed E-state index contributed by atoms with van der Waals surface area (Å²) in [4.78, 5) is 4.79. The number of hydrogen-bond acceptors (Lipinski definition) is 3. The molecular weight excluding hydrogens is 262 g/mol. The van der Waals surface area contributed by atoms with Gasteiger partial charge in [-0.2, -0.15) is 0 Å². The molecule has 4 heteroatoms. The maximum Gasteiger partial charge on any atom is 0.136 e. The number of benzene rings is 1. The lowest BCUT2D eigenvalue weighted by Crippen LogP contribution is -2.33. The molecule has 21 heavy (non-hydrogen) atoms. The van der Waals surface area contributed by atoms with Crippen molar-refractivity contribution in [3.63, 3.8) is 0 Å². The minimum Gasteiger partial charge on any atom is -0.370 e. The number of piperidine rings is 1. The molecule has 0 saturated carbocycles. The zero-order valence-electron chi connectivity index (χ0n) is 13.2. The summed E-state index contributed by atoms with van der Waals surface area (Å²) in [6.07, 6.45) is 2.55. The Morgan fingerprint density at radius 1 is 1.24 bits per heavy atom. The maximum atomic E-state index is 6.11. The summed E-state index contributed by atoms with van der Waals surface area (Å²) in [6, 6.07) is 8.33. The first-order chi connectivity index (χ1) is 10.1. The second-order valence-electron chi connectivity index (χ2n) is 6.78. The zero-order chi connectivity index (χ0) is 14.9. The molecule has 114 valence electrons. The third-order valence-corrected chi connectivity index (χ3v) is 4.04. The summed E-state index contributed by atoms with van der Waals surface area (Å²) in [5.41, 5.74) is 2.24. The smallest absolute Gasteiger partial charge is 0.136 e. The van der Waals surface area contributed by atoms with Gasteiger partial charge in [-0.1, -0.05) is 12.1 Å². The van der Waals surface area contributed by atoms with Gasteiger partial charge in [-0.25, -0.2) is 4.98 Å². The average molecular weight is 287 g/mol. The maximum absolute atomic E-state index is 6.11. The standard InChI is InChI=1S/C17H25N3O/c1-17(2,3)20-15-7-5-4-6-14(15)19-16(20)12-21-13-8-10-18-11-9-13/h4-7,13,18H,8-12H2,1-3H3. The molecule has 3 rings (SSSR count). The third-order valence-electron chi connectivity index (χ3n) is 4.04. The van der Waals surface area contributed by atoms with Crippen LogP contribution in [0.4, 0.5) is 0 Å². The van der Waals surface area contributed by atoms with E-state index in [1.807, 2.05) is 6.07 Å². The summed E-state index contributed by atoms with van der Waals surface area (Å²) < 4.78 is 8.42. The lowest BCUT2D eigenvalue weighted by molar-refractivity contribution is 0.0153. The molecule has 0 spiro atoms. The van der Waals surface area contributed by atoms with E-state index in [0.717, 1.165) is 37.3 Å². The number of hydrogen-bond donors (Lipinski definition) is 1. The fraction of sp³-hybridized carbons (Fsp3) is 0.588. The fourth-order valence-corrected chi connectivity index (χ4v) is 3.08. The van der Waals surface area contributed by atoms with Crippen LogP contribution in [-0.4, -0.2) is 28.7 Å². The van der Waals surface area contributed by atoms with Crippen LogP contribution in [0.15, 0.2) is 24.3 Å². The number of rotatable bonds is 3. The molecule has 4 nitrogen and oxygen atoms in total. The van der Waals surface area contributed by atoms with Gasteiger partial charge in [0.05, 0.1) is 17.1 Å². The van der Waals surface area contributed by atoms with Gasteiger partial charge in [0.1, 0.15) is 12.4 Å². The van der Waals surface area contributed by atoms with Crippen molar-refractivity contribution < 1.29 is 4.74 Å². The number of ether oxygens (including phenoxy) is 1. The van der Waals surface area contributed by atoms with E-state index in [-0.39, 0.29) is 5.54 Å². The molecule has 1 aromatic heterocycles. The summed E-state index contributed by atoms with van der Waals surface area (Å²) in [5.74, 6) is 1.03. The highest BCUT2D eigenvalue weighted by Crippen LogP contribution is 2.26. The van der Waals surface area contributed by atoms with Crippen LogP contribution in [0, 0.1) is 0 Å². The second-order valence-corrected chi connectivity index (χ2v) is 6.78. The molecule has 1 N–H and O–H groups in total. The lowest BCUT2D eigenvalue weighted by atomic mass is 10.1.